The molecule has 0 aromatic heterocycles. The molecule has 1 atom stereocenters. The molecule has 6 heteroatoms. The number of nitrogens with one attached hydrogen (secondary N) is 1. The van der Waals surface area contributed by atoms with E-state index in [9.17, 15) is 9.59 Å². The van der Waals surface area contributed by atoms with Gasteiger partial charge < -0.3 is 19.5 Å². The van der Waals surface area contributed by atoms with Crippen LogP contribution < -0.4 is 14.8 Å². The molecule has 1 aliphatic heterocycles. The number of fused-ring (bicyclic) bond motifs is 1. The van der Waals surface area contributed by atoms with Gasteiger partial charge in [-0.05, 0) is 42.8 Å². The fourth-order valence-electron chi connectivity index (χ4n) is 2.48. The number of carbonyl (C=O) groups is 2. The lowest BCUT2D eigenvalue weighted by molar-refractivity contribution is -0.148. The molecular weight excluding hydrogens is 346 g/mol. The Kier molecular flexibility index (Phi) is 6.10. The molecule has 140 valence electrons. The first-order valence-corrected chi connectivity index (χ1v) is 8.76. The SMILES string of the molecule is C[C@H](OC(=O)/C=C/c1ccc2c(c1)OCCCO2)C(=O)Nc1ccccc1. The number of amides is 1. The first kappa shape index (κ1) is 18.5. The lowest BCUT2D eigenvalue weighted by Gasteiger charge is -2.12. The molecule has 27 heavy (non-hydrogen) atoms. The third-order valence-corrected chi connectivity index (χ3v) is 3.89. The molecule has 0 saturated carbocycles. The highest BCUT2D eigenvalue weighted by atomic mass is 16.5. The maximum Gasteiger partial charge on any atom is 0.331 e. The third kappa shape index (κ3) is 5.34. The van der Waals surface area contributed by atoms with E-state index in [1.165, 1.54) is 13.0 Å². The zero-order valence-electron chi connectivity index (χ0n) is 15.0. The largest absolute Gasteiger partial charge is 0.490 e. The predicted molar refractivity (Wildman–Crippen MR) is 102 cm³/mol. The normalized spacial score (nSPS) is 14.3. The summed E-state index contributed by atoms with van der Waals surface area (Å²) in [7, 11) is 0. The molecule has 0 fully saturated rings. The molecule has 2 aromatic carbocycles. The van der Waals surface area contributed by atoms with Gasteiger partial charge in [-0.3, -0.25) is 4.79 Å². The van der Waals surface area contributed by atoms with Gasteiger partial charge >= 0.3 is 5.97 Å². The van der Waals surface area contributed by atoms with Crippen molar-refractivity contribution in [2.45, 2.75) is 19.4 Å². The van der Waals surface area contributed by atoms with Gasteiger partial charge in [0.05, 0.1) is 13.2 Å². The van der Waals surface area contributed by atoms with Crippen molar-refractivity contribution in [1.82, 2.24) is 0 Å². The molecule has 0 spiro atoms. The molecule has 0 bridgehead atoms. The smallest absolute Gasteiger partial charge is 0.331 e. The zero-order chi connectivity index (χ0) is 19.1. The average molecular weight is 367 g/mol. The highest BCUT2D eigenvalue weighted by Crippen LogP contribution is 2.30. The minimum absolute atomic E-state index is 0.390. The molecule has 1 aliphatic rings. The number of benzene rings is 2. The van der Waals surface area contributed by atoms with Crippen LogP contribution in [-0.4, -0.2) is 31.2 Å². The summed E-state index contributed by atoms with van der Waals surface area (Å²) in [5, 5.41) is 2.69. The summed E-state index contributed by atoms with van der Waals surface area (Å²) in [4.78, 5) is 24.1. The van der Waals surface area contributed by atoms with Gasteiger partial charge in [-0.2, -0.15) is 0 Å². The number of esters is 1. The van der Waals surface area contributed by atoms with Gasteiger partial charge in [-0.15, -0.1) is 0 Å². The van der Waals surface area contributed by atoms with Crippen molar-refractivity contribution < 1.29 is 23.8 Å². The third-order valence-electron chi connectivity index (χ3n) is 3.89. The first-order valence-electron chi connectivity index (χ1n) is 8.76. The van der Waals surface area contributed by atoms with Crippen molar-refractivity contribution in [2.75, 3.05) is 18.5 Å². The number of rotatable bonds is 5. The topological polar surface area (TPSA) is 73.9 Å². The van der Waals surface area contributed by atoms with E-state index < -0.39 is 18.0 Å². The summed E-state index contributed by atoms with van der Waals surface area (Å²) >= 11 is 0. The fraction of sp³-hybridized carbons (Fsp3) is 0.238. The van der Waals surface area contributed by atoms with E-state index in [4.69, 9.17) is 14.2 Å². The maximum atomic E-state index is 12.1. The number of para-hydroxylation sites is 1. The van der Waals surface area contributed by atoms with Gasteiger partial charge in [0, 0.05) is 18.2 Å². The molecule has 1 N–H and O–H groups in total. The van der Waals surface area contributed by atoms with Crippen molar-refractivity contribution in [3.05, 3.63) is 60.2 Å². The lowest BCUT2D eigenvalue weighted by atomic mass is 10.2. The Labute approximate surface area is 157 Å². The van der Waals surface area contributed by atoms with Crippen LogP contribution in [0, 0.1) is 0 Å². The first-order chi connectivity index (χ1) is 13.1. The molecule has 1 amide bonds. The molecule has 3 rings (SSSR count). The molecule has 2 aromatic rings. The second kappa shape index (κ2) is 8.89. The van der Waals surface area contributed by atoms with E-state index in [1.54, 1.807) is 24.3 Å². The van der Waals surface area contributed by atoms with E-state index >= 15 is 0 Å². The van der Waals surface area contributed by atoms with Gasteiger partial charge in [-0.25, -0.2) is 4.79 Å². The predicted octanol–water partition coefficient (Wildman–Crippen LogP) is 3.43. The van der Waals surface area contributed by atoms with Crippen LogP contribution >= 0.6 is 0 Å². The van der Waals surface area contributed by atoms with Gasteiger partial charge in [0.15, 0.2) is 17.6 Å². The van der Waals surface area contributed by atoms with Crippen LogP contribution in [0.1, 0.15) is 18.9 Å². The molecule has 0 saturated heterocycles. The zero-order valence-corrected chi connectivity index (χ0v) is 15.0. The molecule has 0 unspecified atom stereocenters. The maximum absolute atomic E-state index is 12.1. The summed E-state index contributed by atoms with van der Waals surface area (Å²) < 4.78 is 16.3. The Morgan fingerprint density at radius 1 is 1.07 bits per heavy atom. The molecule has 0 aliphatic carbocycles. The van der Waals surface area contributed by atoms with Crippen molar-refractivity contribution in [2.24, 2.45) is 0 Å². The van der Waals surface area contributed by atoms with E-state index in [2.05, 4.69) is 5.32 Å². The number of hydrogen-bond donors (Lipinski definition) is 1. The van der Waals surface area contributed by atoms with Crippen LogP contribution in [0.25, 0.3) is 6.08 Å². The van der Waals surface area contributed by atoms with Crippen molar-refractivity contribution in [3.63, 3.8) is 0 Å². The molecular formula is C21H21NO5. The van der Waals surface area contributed by atoms with Gasteiger partial charge in [0.25, 0.3) is 5.91 Å². The van der Waals surface area contributed by atoms with Crippen molar-refractivity contribution in [1.29, 1.82) is 0 Å². The minimum Gasteiger partial charge on any atom is -0.490 e. The number of carbonyl (C=O) groups excluding carboxylic acids is 2. The quantitative estimate of drug-likeness (QED) is 0.647. The number of anilines is 1. The summed E-state index contributed by atoms with van der Waals surface area (Å²) in [6.45, 7) is 2.74. The van der Waals surface area contributed by atoms with Crippen LogP contribution in [0.3, 0.4) is 0 Å². The molecule has 0 radical (unpaired) electrons. The summed E-state index contributed by atoms with van der Waals surface area (Å²) in [6, 6.07) is 14.4. The van der Waals surface area contributed by atoms with E-state index in [-0.39, 0.29) is 0 Å². The van der Waals surface area contributed by atoms with Crippen LogP contribution in [0.2, 0.25) is 0 Å². The van der Waals surface area contributed by atoms with Gasteiger partial charge in [0.2, 0.25) is 0 Å². The highest BCUT2D eigenvalue weighted by Gasteiger charge is 2.16. The Bertz CT molecular complexity index is 832. The fourth-order valence-corrected chi connectivity index (χ4v) is 2.48. The second-order valence-corrected chi connectivity index (χ2v) is 6.02. The van der Waals surface area contributed by atoms with Crippen LogP contribution in [0.4, 0.5) is 5.69 Å². The van der Waals surface area contributed by atoms with E-state index in [0.717, 1.165) is 12.0 Å². The Morgan fingerprint density at radius 3 is 2.59 bits per heavy atom. The number of ether oxygens (including phenoxy) is 3. The molecule has 6 nitrogen and oxygen atoms in total. The Hall–Kier alpha value is -3.28. The monoisotopic (exact) mass is 367 g/mol. The van der Waals surface area contributed by atoms with Crippen molar-refractivity contribution in [3.8, 4) is 11.5 Å². The Balaban J connectivity index is 1.55. The number of hydrogen-bond acceptors (Lipinski definition) is 5. The lowest BCUT2D eigenvalue weighted by Crippen LogP contribution is -2.29. The van der Waals surface area contributed by atoms with Crippen LogP contribution in [-0.2, 0) is 14.3 Å². The average Bonchev–Trinajstić information content (AvgIpc) is 2.92. The summed E-state index contributed by atoms with van der Waals surface area (Å²) in [5.74, 6) is 0.355. The summed E-state index contributed by atoms with van der Waals surface area (Å²) in [6.07, 6.45) is 2.81. The standard InChI is InChI=1S/C21H21NO5/c1-15(21(24)22-17-6-3-2-4-7-17)27-20(23)11-9-16-8-10-18-19(14-16)26-13-5-12-25-18/h2-4,6-11,14-15H,5,12-13H2,1H3,(H,22,24)/b11-9+/t15-/m0/s1. The second-order valence-electron chi connectivity index (χ2n) is 6.02. The Morgan fingerprint density at radius 2 is 1.81 bits per heavy atom. The van der Waals surface area contributed by atoms with Crippen molar-refractivity contribution >= 4 is 23.6 Å². The highest BCUT2D eigenvalue weighted by molar-refractivity contribution is 5.96. The minimum atomic E-state index is -0.911. The van der Waals surface area contributed by atoms with E-state index in [0.29, 0.717) is 30.4 Å². The van der Waals surface area contributed by atoms with Crippen LogP contribution in [0.5, 0.6) is 11.5 Å². The van der Waals surface area contributed by atoms with E-state index in [1.807, 2.05) is 30.3 Å². The molecule has 1 heterocycles. The van der Waals surface area contributed by atoms with Gasteiger partial charge in [0.1, 0.15) is 0 Å². The summed E-state index contributed by atoms with van der Waals surface area (Å²) in [5.41, 5.74) is 1.42. The van der Waals surface area contributed by atoms with Crippen LogP contribution in [0.15, 0.2) is 54.6 Å². The van der Waals surface area contributed by atoms with Gasteiger partial charge in [-0.1, -0.05) is 24.3 Å².